The van der Waals surface area contributed by atoms with Crippen LogP contribution in [-0.4, -0.2) is 12.8 Å². The summed E-state index contributed by atoms with van der Waals surface area (Å²) in [4.78, 5) is 0. The van der Waals surface area contributed by atoms with Crippen molar-refractivity contribution in [2.45, 2.75) is 32.4 Å². The Hall–Kier alpha value is -0.690. The van der Waals surface area contributed by atoms with E-state index in [9.17, 15) is 13.2 Å². The van der Waals surface area contributed by atoms with Crippen molar-refractivity contribution in [2.75, 3.05) is 6.61 Å². The lowest BCUT2D eigenvalue weighted by Crippen LogP contribution is -2.01. The van der Waals surface area contributed by atoms with Crippen LogP contribution in [0.2, 0.25) is 0 Å². The monoisotopic (exact) mass is 193 g/mol. The van der Waals surface area contributed by atoms with Gasteiger partial charge >= 0.3 is 6.18 Å². The van der Waals surface area contributed by atoms with Gasteiger partial charge in [-0.2, -0.15) is 13.2 Å². The second kappa shape index (κ2) is 6.79. The molecule has 0 aliphatic heterocycles. The summed E-state index contributed by atoms with van der Waals surface area (Å²) in [5, 5.41) is 0. The lowest BCUT2D eigenvalue weighted by Gasteiger charge is -1.97. The van der Waals surface area contributed by atoms with Crippen molar-refractivity contribution in [3.63, 3.8) is 0 Å². The predicted molar refractivity (Wildman–Crippen MR) is 43.6 cm³/mol. The fraction of sp³-hybridized carbons (Fsp3) is 0.667. The number of ether oxygens (including phenoxy) is 1. The second-order valence-corrected chi connectivity index (χ2v) is 2.35. The molecular weight excluding hydrogens is 181 g/mol. The van der Waals surface area contributed by atoms with Crippen molar-refractivity contribution in [3.8, 4) is 11.8 Å². The van der Waals surface area contributed by atoms with Crippen molar-refractivity contribution < 1.29 is 17.9 Å². The molecule has 75 valence electrons. The Morgan fingerprint density at radius 3 is 2.62 bits per heavy atom. The molecule has 0 fully saturated rings. The van der Waals surface area contributed by atoms with Gasteiger partial charge in [0, 0.05) is 18.9 Å². The first-order chi connectivity index (χ1) is 6.06. The zero-order chi connectivity index (χ0) is 10.2. The van der Waals surface area contributed by atoms with E-state index in [-0.39, 0.29) is 6.42 Å². The molecule has 0 aromatic rings. The maximum Gasteiger partial charge on any atom is 0.457 e. The van der Waals surface area contributed by atoms with Crippen LogP contribution in [0.4, 0.5) is 13.2 Å². The van der Waals surface area contributed by atoms with Gasteiger partial charge in [0.05, 0.1) is 6.61 Å². The van der Waals surface area contributed by atoms with Gasteiger partial charge < -0.3 is 4.74 Å². The van der Waals surface area contributed by atoms with Crippen molar-refractivity contribution in [3.05, 3.63) is 6.61 Å². The molecule has 0 aliphatic carbocycles. The van der Waals surface area contributed by atoms with Gasteiger partial charge in [-0.3, -0.25) is 0 Å². The summed E-state index contributed by atoms with van der Waals surface area (Å²) < 4.78 is 39.4. The highest BCUT2D eigenvalue weighted by Gasteiger charge is 2.22. The van der Waals surface area contributed by atoms with Crippen molar-refractivity contribution in [1.29, 1.82) is 0 Å². The van der Waals surface area contributed by atoms with E-state index >= 15 is 0 Å². The van der Waals surface area contributed by atoms with Crippen molar-refractivity contribution in [2.24, 2.45) is 0 Å². The molecule has 4 heteroatoms. The summed E-state index contributed by atoms with van der Waals surface area (Å²) in [5.74, 6) is 3.23. The summed E-state index contributed by atoms with van der Waals surface area (Å²) in [5.41, 5.74) is 0. The molecule has 0 N–H and O–H groups in total. The molecule has 1 radical (unpaired) electrons. The van der Waals surface area contributed by atoms with E-state index in [0.717, 1.165) is 6.42 Å². The molecule has 0 atom stereocenters. The number of hydrogen-bond donors (Lipinski definition) is 0. The maximum absolute atomic E-state index is 11.5. The Kier molecular flexibility index (Phi) is 6.43. The number of halogens is 3. The average Bonchev–Trinajstić information content (AvgIpc) is 2.01. The Bertz CT molecular complexity index is 176. The Labute approximate surface area is 76.3 Å². The van der Waals surface area contributed by atoms with Gasteiger partial charge in [0.1, 0.15) is 0 Å². The summed E-state index contributed by atoms with van der Waals surface area (Å²) in [6.45, 7) is 3.97. The van der Waals surface area contributed by atoms with E-state index in [4.69, 9.17) is 4.74 Å². The SMILES string of the molecule is CC[CH]OCCCC#CC(F)(F)F. The Morgan fingerprint density at radius 2 is 2.08 bits per heavy atom. The van der Waals surface area contributed by atoms with Crippen LogP contribution in [-0.2, 0) is 4.74 Å². The molecule has 0 spiro atoms. The molecule has 0 bridgehead atoms. The third-order valence-electron chi connectivity index (χ3n) is 1.08. The van der Waals surface area contributed by atoms with Gasteiger partial charge in [0.2, 0.25) is 0 Å². The van der Waals surface area contributed by atoms with Gasteiger partial charge in [-0.1, -0.05) is 12.8 Å². The van der Waals surface area contributed by atoms with Crippen molar-refractivity contribution >= 4 is 0 Å². The zero-order valence-corrected chi connectivity index (χ0v) is 7.45. The highest BCUT2D eigenvalue weighted by atomic mass is 19.4. The Morgan fingerprint density at radius 1 is 1.38 bits per heavy atom. The first kappa shape index (κ1) is 12.3. The number of rotatable bonds is 5. The molecule has 0 heterocycles. The average molecular weight is 193 g/mol. The standard InChI is InChI=1S/C9H12F3O/c1-2-7-13-8-5-3-4-6-9(10,11)12/h7H,2-3,5,8H2,1H3. The number of hydrogen-bond acceptors (Lipinski definition) is 1. The molecule has 0 aromatic heterocycles. The normalized spacial score (nSPS) is 10.8. The second-order valence-electron chi connectivity index (χ2n) is 2.35. The molecular formula is C9H12F3O. The molecule has 0 rings (SSSR count). The molecule has 0 saturated heterocycles. The van der Waals surface area contributed by atoms with E-state index in [2.05, 4.69) is 0 Å². The molecule has 0 amide bonds. The molecule has 0 aromatic carbocycles. The maximum atomic E-state index is 11.5. The Balaban J connectivity index is 3.28. The van der Waals surface area contributed by atoms with E-state index in [1.807, 2.05) is 12.8 Å². The van der Waals surface area contributed by atoms with Gasteiger partial charge in [-0.25, -0.2) is 0 Å². The van der Waals surface area contributed by atoms with E-state index in [0.29, 0.717) is 13.0 Å². The summed E-state index contributed by atoms with van der Waals surface area (Å²) in [6, 6.07) is 0. The quantitative estimate of drug-likeness (QED) is 0.482. The lowest BCUT2D eigenvalue weighted by molar-refractivity contribution is -0.0697. The van der Waals surface area contributed by atoms with Crippen LogP contribution < -0.4 is 0 Å². The van der Waals surface area contributed by atoms with Crippen LogP contribution in [0.1, 0.15) is 26.2 Å². The summed E-state index contributed by atoms with van der Waals surface area (Å²) in [7, 11) is 0. The van der Waals surface area contributed by atoms with Gasteiger partial charge in [0.15, 0.2) is 0 Å². The summed E-state index contributed by atoms with van der Waals surface area (Å²) >= 11 is 0. The topological polar surface area (TPSA) is 9.23 Å². The highest BCUT2D eigenvalue weighted by molar-refractivity contribution is 5.04. The number of unbranched alkanes of at least 4 members (excludes halogenated alkanes) is 1. The van der Waals surface area contributed by atoms with Gasteiger partial charge in [0.25, 0.3) is 0 Å². The fourth-order valence-corrected chi connectivity index (χ4v) is 0.608. The van der Waals surface area contributed by atoms with Crippen LogP contribution >= 0.6 is 0 Å². The third kappa shape index (κ3) is 11.3. The van der Waals surface area contributed by atoms with Gasteiger partial charge in [-0.05, 0) is 12.8 Å². The molecule has 13 heavy (non-hydrogen) atoms. The van der Waals surface area contributed by atoms with Crippen LogP contribution in [0.3, 0.4) is 0 Å². The number of alkyl halides is 3. The third-order valence-corrected chi connectivity index (χ3v) is 1.08. The largest absolute Gasteiger partial charge is 0.457 e. The highest BCUT2D eigenvalue weighted by Crippen LogP contribution is 2.11. The van der Waals surface area contributed by atoms with Crippen LogP contribution in [0.5, 0.6) is 0 Å². The molecule has 1 nitrogen and oxygen atoms in total. The lowest BCUT2D eigenvalue weighted by atomic mass is 10.3. The summed E-state index contributed by atoms with van der Waals surface area (Å²) in [6.07, 6.45) is -2.82. The first-order valence-electron chi connectivity index (χ1n) is 4.06. The minimum Gasteiger partial charge on any atom is -0.375 e. The fourth-order valence-electron chi connectivity index (χ4n) is 0.608. The van der Waals surface area contributed by atoms with Crippen LogP contribution in [0.25, 0.3) is 0 Å². The zero-order valence-electron chi connectivity index (χ0n) is 7.45. The van der Waals surface area contributed by atoms with Crippen LogP contribution in [0.15, 0.2) is 0 Å². The molecule has 0 saturated carbocycles. The predicted octanol–water partition coefficient (Wildman–Crippen LogP) is 2.92. The first-order valence-corrected chi connectivity index (χ1v) is 4.06. The van der Waals surface area contributed by atoms with E-state index in [1.54, 1.807) is 6.61 Å². The van der Waals surface area contributed by atoms with Gasteiger partial charge in [-0.15, -0.1) is 0 Å². The minimum atomic E-state index is -4.36. The van der Waals surface area contributed by atoms with Crippen LogP contribution in [0, 0.1) is 18.4 Å². The molecule has 0 aliphatic rings. The van der Waals surface area contributed by atoms with E-state index in [1.165, 1.54) is 5.92 Å². The smallest absolute Gasteiger partial charge is 0.375 e. The molecule has 0 unspecified atom stereocenters. The minimum absolute atomic E-state index is 0.219. The van der Waals surface area contributed by atoms with E-state index < -0.39 is 6.18 Å². The van der Waals surface area contributed by atoms with Crippen molar-refractivity contribution in [1.82, 2.24) is 0 Å².